The minimum atomic E-state index is -3.17. The van der Waals surface area contributed by atoms with Gasteiger partial charge in [0.05, 0.1) is 18.3 Å². The zero-order valence-corrected chi connectivity index (χ0v) is 11.2. The molecule has 1 aromatic heterocycles. The molecule has 0 saturated carbocycles. The zero-order valence-electron chi connectivity index (χ0n) is 10.3. The van der Waals surface area contributed by atoms with Crippen LogP contribution in [0.5, 0.6) is 0 Å². The van der Waals surface area contributed by atoms with Crippen LogP contribution < -0.4 is 5.32 Å². The molecule has 0 aliphatic rings. The van der Waals surface area contributed by atoms with Gasteiger partial charge in [0.15, 0.2) is 0 Å². The molecule has 0 atom stereocenters. The maximum Gasteiger partial charge on any atom is 0.214 e. The summed E-state index contributed by atoms with van der Waals surface area (Å²) in [6.45, 7) is 3.96. The van der Waals surface area contributed by atoms with Crippen LogP contribution in [-0.4, -0.2) is 38.6 Å². The summed E-state index contributed by atoms with van der Waals surface area (Å²) in [6.07, 6.45) is 3.73. The summed E-state index contributed by atoms with van der Waals surface area (Å²) in [6, 6.07) is 1.77. The second kappa shape index (κ2) is 6.78. The molecule has 0 amide bonds. The summed E-state index contributed by atoms with van der Waals surface area (Å²) in [7, 11) is -1.57. The van der Waals surface area contributed by atoms with E-state index in [1.165, 1.54) is 4.31 Å². The van der Waals surface area contributed by atoms with Crippen LogP contribution >= 0.6 is 0 Å². The van der Waals surface area contributed by atoms with Gasteiger partial charge in [0, 0.05) is 19.2 Å². The molecule has 1 N–H and O–H groups in total. The highest BCUT2D eigenvalue weighted by molar-refractivity contribution is 7.89. The summed E-state index contributed by atoms with van der Waals surface area (Å²) in [4.78, 5) is 0. The SMILES string of the molecule is CCNCCCS(=O)(=O)N(C)Cc1ccoc1. The number of nitrogens with zero attached hydrogens (tertiary/aromatic N) is 1. The van der Waals surface area contributed by atoms with E-state index >= 15 is 0 Å². The van der Waals surface area contributed by atoms with E-state index in [2.05, 4.69) is 5.32 Å². The first-order chi connectivity index (χ1) is 8.06. The van der Waals surface area contributed by atoms with Crippen molar-refractivity contribution in [2.45, 2.75) is 19.9 Å². The van der Waals surface area contributed by atoms with Gasteiger partial charge in [0.2, 0.25) is 10.0 Å². The number of nitrogens with one attached hydrogen (secondary N) is 1. The molecular formula is C11H20N2O3S. The molecule has 1 rings (SSSR count). The molecule has 0 aliphatic carbocycles. The maximum absolute atomic E-state index is 11.9. The Morgan fingerprint density at radius 2 is 2.24 bits per heavy atom. The van der Waals surface area contributed by atoms with Crippen molar-refractivity contribution in [3.05, 3.63) is 24.2 Å². The van der Waals surface area contributed by atoms with Crippen molar-refractivity contribution < 1.29 is 12.8 Å². The van der Waals surface area contributed by atoms with Crippen molar-refractivity contribution in [3.8, 4) is 0 Å². The lowest BCUT2D eigenvalue weighted by Gasteiger charge is -2.16. The Morgan fingerprint density at radius 3 is 2.82 bits per heavy atom. The second-order valence-corrected chi connectivity index (χ2v) is 6.11. The first-order valence-corrected chi connectivity index (χ1v) is 7.33. The van der Waals surface area contributed by atoms with Gasteiger partial charge in [-0.05, 0) is 25.6 Å². The zero-order chi connectivity index (χ0) is 12.7. The van der Waals surface area contributed by atoms with Gasteiger partial charge in [-0.2, -0.15) is 0 Å². The van der Waals surface area contributed by atoms with Gasteiger partial charge >= 0.3 is 0 Å². The quantitative estimate of drug-likeness (QED) is 0.709. The molecule has 5 nitrogen and oxygen atoms in total. The average molecular weight is 260 g/mol. The molecule has 0 radical (unpaired) electrons. The summed E-state index contributed by atoms with van der Waals surface area (Å²) in [5.41, 5.74) is 0.864. The Balaban J connectivity index is 2.41. The minimum Gasteiger partial charge on any atom is -0.472 e. The van der Waals surface area contributed by atoms with E-state index in [0.29, 0.717) is 13.0 Å². The van der Waals surface area contributed by atoms with Crippen LogP contribution in [0.25, 0.3) is 0 Å². The van der Waals surface area contributed by atoms with Crippen molar-refractivity contribution in [2.75, 3.05) is 25.9 Å². The molecule has 0 unspecified atom stereocenters. The van der Waals surface area contributed by atoms with Crippen LogP contribution in [0.2, 0.25) is 0 Å². The number of sulfonamides is 1. The Hall–Kier alpha value is -0.850. The number of rotatable bonds is 8. The topological polar surface area (TPSA) is 62.6 Å². The van der Waals surface area contributed by atoms with Gasteiger partial charge in [-0.3, -0.25) is 0 Å². The van der Waals surface area contributed by atoms with Crippen LogP contribution in [-0.2, 0) is 16.6 Å². The molecule has 17 heavy (non-hydrogen) atoms. The van der Waals surface area contributed by atoms with E-state index in [4.69, 9.17) is 4.42 Å². The van der Waals surface area contributed by atoms with Crippen LogP contribution in [0.15, 0.2) is 23.0 Å². The molecule has 6 heteroatoms. The van der Waals surface area contributed by atoms with Gasteiger partial charge < -0.3 is 9.73 Å². The summed E-state index contributed by atoms with van der Waals surface area (Å²) >= 11 is 0. The third-order valence-electron chi connectivity index (χ3n) is 2.47. The van der Waals surface area contributed by atoms with Gasteiger partial charge in [0.1, 0.15) is 0 Å². The van der Waals surface area contributed by atoms with Crippen molar-refractivity contribution in [2.24, 2.45) is 0 Å². The fraction of sp³-hybridized carbons (Fsp3) is 0.636. The van der Waals surface area contributed by atoms with E-state index in [0.717, 1.165) is 18.7 Å². The Morgan fingerprint density at radius 1 is 1.47 bits per heavy atom. The highest BCUT2D eigenvalue weighted by atomic mass is 32.2. The van der Waals surface area contributed by atoms with E-state index in [1.54, 1.807) is 25.6 Å². The fourth-order valence-electron chi connectivity index (χ4n) is 1.45. The predicted molar refractivity (Wildman–Crippen MR) is 67.1 cm³/mol. The minimum absolute atomic E-state index is 0.175. The van der Waals surface area contributed by atoms with Crippen LogP contribution in [0.3, 0.4) is 0 Å². The van der Waals surface area contributed by atoms with E-state index in [-0.39, 0.29) is 5.75 Å². The van der Waals surface area contributed by atoms with Gasteiger partial charge in [0.25, 0.3) is 0 Å². The number of hydrogen-bond donors (Lipinski definition) is 1. The van der Waals surface area contributed by atoms with Crippen molar-refractivity contribution >= 4 is 10.0 Å². The van der Waals surface area contributed by atoms with Crippen LogP contribution in [0, 0.1) is 0 Å². The highest BCUT2D eigenvalue weighted by Gasteiger charge is 2.17. The van der Waals surface area contributed by atoms with E-state index in [9.17, 15) is 8.42 Å². The van der Waals surface area contributed by atoms with Crippen molar-refractivity contribution in [1.82, 2.24) is 9.62 Å². The average Bonchev–Trinajstić information content (AvgIpc) is 2.77. The number of furan rings is 1. The molecule has 0 bridgehead atoms. The lowest BCUT2D eigenvalue weighted by molar-refractivity contribution is 0.461. The van der Waals surface area contributed by atoms with Gasteiger partial charge in [-0.25, -0.2) is 12.7 Å². The maximum atomic E-state index is 11.9. The summed E-state index contributed by atoms with van der Waals surface area (Å²) < 4.78 is 30.0. The molecule has 0 aromatic carbocycles. The van der Waals surface area contributed by atoms with Gasteiger partial charge in [-0.1, -0.05) is 6.92 Å². The second-order valence-electron chi connectivity index (χ2n) is 3.91. The highest BCUT2D eigenvalue weighted by Crippen LogP contribution is 2.08. The van der Waals surface area contributed by atoms with Crippen molar-refractivity contribution in [1.29, 1.82) is 0 Å². The van der Waals surface area contributed by atoms with Crippen LogP contribution in [0.1, 0.15) is 18.9 Å². The first kappa shape index (κ1) is 14.2. The van der Waals surface area contributed by atoms with Crippen LogP contribution in [0.4, 0.5) is 0 Å². The molecule has 1 heterocycles. The molecule has 0 spiro atoms. The molecule has 0 fully saturated rings. The Labute approximate surface area is 103 Å². The standard InChI is InChI=1S/C11H20N2O3S/c1-3-12-6-4-8-17(14,15)13(2)9-11-5-7-16-10-11/h5,7,10,12H,3-4,6,8-9H2,1-2H3. The predicted octanol–water partition coefficient (Wildman–Crippen LogP) is 1.04. The van der Waals surface area contributed by atoms with Crippen molar-refractivity contribution in [3.63, 3.8) is 0 Å². The number of hydrogen-bond acceptors (Lipinski definition) is 4. The normalized spacial score (nSPS) is 12.2. The van der Waals surface area contributed by atoms with E-state index in [1.807, 2.05) is 6.92 Å². The summed E-state index contributed by atoms with van der Waals surface area (Å²) in [5.74, 6) is 0.175. The molecule has 0 saturated heterocycles. The lowest BCUT2D eigenvalue weighted by atomic mass is 10.3. The van der Waals surface area contributed by atoms with E-state index < -0.39 is 10.0 Å². The molecular weight excluding hydrogens is 240 g/mol. The third-order valence-corrected chi connectivity index (χ3v) is 4.35. The molecule has 98 valence electrons. The molecule has 0 aliphatic heterocycles. The Bertz CT molecular complexity index is 400. The summed E-state index contributed by atoms with van der Waals surface area (Å²) in [5, 5.41) is 3.11. The largest absolute Gasteiger partial charge is 0.472 e. The lowest BCUT2D eigenvalue weighted by Crippen LogP contribution is -2.30. The third kappa shape index (κ3) is 4.89. The smallest absolute Gasteiger partial charge is 0.214 e. The first-order valence-electron chi connectivity index (χ1n) is 5.72. The Kier molecular flexibility index (Phi) is 5.67. The van der Waals surface area contributed by atoms with Gasteiger partial charge in [-0.15, -0.1) is 0 Å². The molecule has 1 aromatic rings. The monoisotopic (exact) mass is 260 g/mol. The fourth-order valence-corrected chi connectivity index (χ4v) is 2.62.